The SMILES string of the molecule is CCc1[nH]ncc1-c1cnn(C2(CC#N)CN(c3cnc(C(=O)NCC(CF)(CF)CF)cn3)C2)c1. The largest absolute Gasteiger partial charge is 0.350 e. The molecule has 4 rings (SSSR count). The highest BCUT2D eigenvalue weighted by atomic mass is 19.1. The number of hydrogen-bond acceptors (Lipinski definition) is 7. The zero-order valence-electron chi connectivity index (χ0n) is 19.7. The first-order chi connectivity index (χ1) is 17.4. The van der Waals surface area contributed by atoms with Crippen molar-refractivity contribution in [3.05, 3.63) is 42.4 Å². The van der Waals surface area contributed by atoms with E-state index in [0.717, 1.165) is 23.2 Å². The maximum atomic E-state index is 13.0. The number of carbonyl (C=O) groups is 1. The van der Waals surface area contributed by atoms with Crippen molar-refractivity contribution in [2.75, 3.05) is 44.6 Å². The summed E-state index contributed by atoms with van der Waals surface area (Å²) in [6.07, 6.45) is 9.10. The van der Waals surface area contributed by atoms with Crippen LogP contribution in [-0.4, -0.2) is 75.5 Å². The van der Waals surface area contributed by atoms with E-state index in [1.54, 1.807) is 17.1 Å². The Morgan fingerprint density at radius 2 is 1.94 bits per heavy atom. The molecule has 0 aliphatic carbocycles. The van der Waals surface area contributed by atoms with E-state index in [4.69, 9.17) is 0 Å². The van der Waals surface area contributed by atoms with Crippen LogP contribution in [0.2, 0.25) is 0 Å². The van der Waals surface area contributed by atoms with Crippen molar-refractivity contribution in [1.29, 1.82) is 5.26 Å². The molecule has 1 fully saturated rings. The molecule has 0 bridgehead atoms. The second kappa shape index (κ2) is 10.3. The highest BCUT2D eigenvalue weighted by Gasteiger charge is 2.46. The standard InChI is InChI=1S/C23H26F3N9O/c1-2-18-17(6-31-33-18)16-5-32-35(9-16)23(3-4-27)14-34(15-23)20-8-28-19(7-29-20)21(36)30-13-22(10-24,11-25)12-26/h5-9H,2-3,10-15H2,1H3,(H,30,36)(H,31,33). The van der Waals surface area contributed by atoms with Crippen LogP contribution in [-0.2, 0) is 12.0 Å². The fourth-order valence-corrected chi connectivity index (χ4v) is 4.07. The number of nitrogens with one attached hydrogen (secondary N) is 2. The van der Waals surface area contributed by atoms with E-state index in [9.17, 15) is 23.2 Å². The lowest BCUT2D eigenvalue weighted by atomic mass is 9.87. The fourth-order valence-electron chi connectivity index (χ4n) is 4.07. The molecule has 36 heavy (non-hydrogen) atoms. The van der Waals surface area contributed by atoms with E-state index < -0.39 is 43.4 Å². The topological polar surface area (TPSA) is 128 Å². The lowest BCUT2D eigenvalue weighted by Gasteiger charge is -2.49. The number of nitriles is 1. The van der Waals surface area contributed by atoms with E-state index in [0.29, 0.717) is 18.9 Å². The number of rotatable bonds is 11. The van der Waals surface area contributed by atoms with Crippen LogP contribution < -0.4 is 10.2 Å². The average molecular weight is 502 g/mol. The predicted molar refractivity (Wildman–Crippen MR) is 124 cm³/mol. The number of carbonyl (C=O) groups excluding carboxylic acids is 1. The Hall–Kier alpha value is -3.95. The van der Waals surface area contributed by atoms with E-state index >= 15 is 0 Å². The molecule has 3 aromatic heterocycles. The lowest BCUT2D eigenvalue weighted by Crippen LogP contribution is -2.63. The van der Waals surface area contributed by atoms with Gasteiger partial charge in [0.1, 0.15) is 37.1 Å². The average Bonchev–Trinajstić information content (AvgIpc) is 3.57. The number of H-pyrrole nitrogens is 1. The molecule has 0 radical (unpaired) electrons. The van der Waals surface area contributed by atoms with Crippen molar-refractivity contribution in [1.82, 2.24) is 35.3 Å². The smallest absolute Gasteiger partial charge is 0.271 e. The first-order valence-corrected chi connectivity index (χ1v) is 11.4. The monoisotopic (exact) mass is 501 g/mol. The minimum atomic E-state index is -1.88. The van der Waals surface area contributed by atoms with Crippen LogP contribution >= 0.6 is 0 Å². The van der Waals surface area contributed by atoms with Crippen molar-refractivity contribution in [3.63, 3.8) is 0 Å². The van der Waals surface area contributed by atoms with Crippen molar-refractivity contribution in [2.45, 2.75) is 25.3 Å². The molecule has 2 N–H and O–H groups in total. The van der Waals surface area contributed by atoms with Gasteiger partial charge in [0.05, 0.1) is 42.7 Å². The fraction of sp³-hybridized carbons (Fsp3) is 0.478. The highest BCUT2D eigenvalue weighted by molar-refractivity contribution is 5.92. The molecule has 4 heterocycles. The first-order valence-electron chi connectivity index (χ1n) is 11.4. The van der Waals surface area contributed by atoms with E-state index in [-0.39, 0.29) is 12.1 Å². The number of aryl methyl sites for hydroxylation is 1. The summed E-state index contributed by atoms with van der Waals surface area (Å²) < 4.78 is 40.8. The van der Waals surface area contributed by atoms with Crippen LogP contribution in [0.15, 0.2) is 31.0 Å². The van der Waals surface area contributed by atoms with Crippen LogP contribution in [0.3, 0.4) is 0 Å². The van der Waals surface area contributed by atoms with Gasteiger partial charge in [0.25, 0.3) is 5.91 Å². The molecule has 190 valence electrons. The summed E-state index contributed by atoms with van der Waals surface area (Å²) in [5, 5.41) is 23.4. The van der Waals surface area contributed by atoms with Gasteiger partial charge in [0, 0.05) is 42.7 Å². The summed E-state index contributed by atoms with van der Waals surface area (Å²) in [6, 6.07) is 2.24. The van der Waals surface area contributed by atoms with Gasteiger partial charge in [0.2, 0.25) is 0 Å². The summed E-state index contributed by atoms with van der Waals surface area (Å²) in [5.41, 5.74) is 0.388. The van der Waals surface area contributed by atoms with E-state index in [1.807, 2.05) is 18.0 Å². The van der Waals surface area contributed by atoms with Gasteiger partial charge >= 0.3 is 0 Å². The Bertz CT molecular complexity index is 1220. The van der Waals surface area contributed by atoms with Crippen LogP contribution in [0.25, 0.3) is 11.1 Å². The van der Waals surface area contributed by atoms with Gasteiger partial charge in [-0.25, -0.2) is 9.97 Å². The third-order valence-electron chi connectivity index (χ3n) is 6.50. The summed E-state index contributed by atoms with van der Waals surface area (Å²) in [7, 11) is 0. The Morgan fingerprint density at radius 3 is 2.56 bits per heavy atom. The zero-order valence-corrected chi connectivity index (χ0v) is 19.7. The van der Waals surface area contributed by atoms with Crippen LogP contribution in [0.1, 0.15) is 29.5 Å². The van der Waals surface area contributed by atoms with Crippen molar-refractivity contribution in [3.8, 4) is 17.2 Å². The van der Waals surface area contributed by atoms with Gasteiger partial charge in [-0.15, -0.1) is 0 Å². The molecule has 10 nitrogen and oxygen atoms in total. The third-order valence-corrected chi connectivity index (χ3v) is 6.50. The minimum Gasteiger partial charge on any atom is -0.350 e. The van der Waals surface area contributed by atoms with Gasteiger partial charge in [-0.1, -0.05) is 6.92 Å². The van der Waals surface area contributed by atoms with Crippen LogP contribution in [0.5, 0.6) is 0 Å². The first kappa shape index (κ1) is 25.2. The molecule has 3 aromatic rings. The van der Waals surface area contributed by atoms with Crippen LogP contribution in [0, 0.1) is 16.7 Å². The summed E-state index contributed by atoms with van der Waals surface area (Å²) >= 11 is 0. The number of anilines is 1. The molecule has 13 heteroatoms. The summed E-state index contributed by atoms with van der Waals surface area (Å²) in [4.78, 5) is 22.5. The zero-order chi connectivity index (χ0) is 25.8. The number of halogens is 3. The van der Waals surface area contributed by atoms with Crippen LogP contribution in [0.4, 0.5) is 19.0 Å². The molecule has 1 aliphatic heterocycles. The molecule has 0 unspecified atom stereocenters. The molecule has 0 aromatic carbocycles. The van der Waals surface area contributed by atoms with E-state index in [2.05, 4.69) is 36.7 Å². The predicted octanol–water partition coefficient (Wildman–Crippen LogP) is 2.38. The highest BCUT2D eigenvalue weighted by Crippen LogP contribution is 2.36. The van der Waals surface area contributed by atoms with Gasteiger partial charge in [0.15, 0.2) is 0 Å². The van der Waals surface area contributed by atoms with Crippen molar-refractivity contribution in [2.24, 2.45) is 5.41 Å². The molecule has 1 saturated heterocycles. The number of aromatic amines is 1. The maximum absolute atomic E-state index is 13.0. The maximum Gasteiger partial charge on any atom is 0.271 e. The minimum absolute atomic E-state index is 0.0587. The van der Waals surface area contributed by atoms with E-state index in [1.165, 1.54) is 12.4 Å². The molecular weight excluding hydrogens is 475 g/mol. The number of hydrogen-bond donors (Lipinski definition) is 2. The second-order valence-electron chi connectivity index (χ2n) is 9.05. The Kier molecular flexibility index (Phi) is 7.23. The van der Waals surface area contributed by atoms with Crippen molar-refractivity contribution >= 4 is 11.7 Å². The lowest BCUT2D eigenvalue weighted by molar-refractivity contribution is 0.0836. The molecule has 1 aliphatic rings. The number of amides is 1. The summed E-state index contributed by atoms with van der Waals surface area (Å²) in [5.74, 6) is -0.202. The Labute approximate surface area is 205 Å². The Balaban J connectivity index is 1.42. The molecule has 0 saturated carbocycles. The molecule has 0 spiro atoms. The normalized spacial score (nSPS) is 14.8. The van der Waals surface area contributed by atoms with Gasteiger partial charge in [-0.05, 0) is 6.42 Å². The third kappa shape index (κ3) is 4.62. The summed E-state index contributed by atoms with van der Waals surface area (Å²) in [6.45, 7) is -1.24. The van der Waals surface area contributed by atoms with Gasteiger partial charge in [-0.3, -0.25) is 27.7 Å². The van der Waals surface area contributed by atoms with Crippen molar-refractivity contribution < 1.29 is 18.0 Å². The quantitative estimate of drug-likeness (QED) is 0.413. The Morgan fingerprint density at radius 1 is 1.19 bits per heavy atom. The second-order valence-corrected chi connectivity index (χ2v) is 9.05. The number of aromatic nitrogens is 6. The number of alkyl halides is 3. The van der Waals surface area contributed by atoms with Gasteiger partial charge < -0.3 is 10.2 Å². The molecular formula is C23H26F3N9O. The van der Waals surface area contributed by atoms with Gasteiger partial charge in [-0.2, -0.15) is 15.5 Å². The number of nitrogens with zero attached hydrogens (tertiary/aromatic N) is 7. The molecule has 0 atom stereocenters. The molecule has 1 amide bonds.